The first-order valence-electron chi connectivity index (χ1n) is 5.78. The monoisotopic (exact) mass is 232 g/mol. The molecule has 1 saturated heterocycles. The van der Waals surface area contributed by atoms with E-state index in [1.807, 2.05) is 31.2 Å². The second kappa shape index (κ2) is 4.99. The van der Waals surface area contributed by atoms with Crippen molar-refractivity contribution in [1.29, 1.82) is 0 Å². The minimum absolute atomic E-state index is 0.0410. The average Bonchev–Trinajstić information content (AvgIpc) is 2.73. The molecule has 1 aromatic rings. The van der Waals surface area contributed by atoms with Crippen molar-refractivity contribution in [2.45, 2.75) is 32.4 Å². The topological polar surface area (TPSA) is 58.2 Å². The van der Waals surface area contributed by atoms with Crippen LogP contribution in [-0.2, 0) is 16.1 Å². The number of hydrogen-bond donors (Lipinski definition) is 2. The summed E-state index contributed by atoms with van der Waals surface area (Å²) < 4.78 is 0. The molecule has 0 aromatic heterocycles. The van der Waals surface area contributed by atoms with Crippen LogP contribution in [0.25, 0.3) is 0 Å². The van der Waals surface area contributed by atoms with Crippen molar-refractivity contribution in [3.63, 3.8) is 0 Å². The van der Waals surface area contributed by atoms with Crippen molar-refractivity contribution in [1.82, 2.24) is 10.6 Å². The molecule has 90 valence electrons. The number of hydrogen-bond acceptors (Lipinski definition) is 2. The standard InChI is InChI=1S/C13H16N2O2/c1-9-3-2-4-10(7-9)8-14-13(17)11-5-6-12(16)15-11/h2-4,7,11H,5-6,8H2,1H3,(H,14,17)(H,15,16). The highest BCUT2D eigenvalue weighted by Crippen LogP contribution is 2.07. The molecule has 4 heteroatoms. The zero-order valence-electron chi connectivity index (χ0n) is 9.82. The van der Waals surface area contributed by atoms with Crippen molar-refractivity contribution >= 4 is 11.8 Å². The van der Waals surface area contributed by atoms with Gasteiger partial charge in [-0.25, -0.2) is 0 Å². The minimum Gasteiger partial charge on any atom is -0.350 e. The van der Waals surface area contributed by atoms with E-state index in [0.29, 0.717) is 19.4 Å². The molecule has 0 radical (unpaired) electrons. The second-order valence-corrected chi connectivity index (χ2v) is 4.37. The summed E-state index contributed by atoms with van der Waals surface area (Å²) in [4.78, 5) is 22.7. The molecule has 0 saturated carbocycles. The Balaban J connectivity index is 1.86. The first-order valence-corrected chi connectivity index (χ1v) is 5.78. The van der Waals surface area contributed by atoms with Gasteiger partial charge >= 0.3 is 0 Å². The van der Waals surface area contributed by atoms with E-state index in [-0.39, 0.29) is 17.9 Å². The fraction of sp³-hybridized carbons (Fsp3) is 0.385. The lowest BCUT2D eigenvalue weighted by Gasteiger charge is -2.11. The van der Waals surface area contributed by atoms with E-state index in [1.165, 1.54) is 5.56 Å². The lowest BCUT2D eigenvalue weighted by Crippen LogP contribution is -2.41. The Morgan fingerprint density at radius 1 is 1.53 bits per heavy atom. The maximum absolute atomic E-state index is 11.7. The molecule has 1 aromatic carbocycles. The number of benzene rings is 1. The van der Waals surface area contributed by atoms with Crippen LogP contribution in [0.4, 0.5) is 0 Å². The molecule has 2 N–H and O–H groups in total. The van der Waals surface area contributed by atoms with Gasteiger partial charge in [-0.05, 0) is 18.9 Å². The molecule has 2 rings (SSSR count). The molecule has 17 heavy (non-hydrogen) atoms. The highest BCUT2D eigenvalue weighted by atomic mass is 16.2. The van der Waals surface area contributed by atoms with Gasteiger partial charge < -0.3 is 10.6 Å². The molecule has 4 nitrogen and oxygen atoms in total. The fourth-order valence-electron chi connectivity index (χ4n) is 1.95. The predicted octanol–water partition coefficient (Wildman–Crippen LogP) is 0.890. The molecule has 0 bridgehead atoms. The van der Waals surface area contributed by atoms with Crippen LogP contribution < -0.4 is 10.6 Å². The molecule has 0 aliphatic carbocycles. The van der Waals surface area contributed by atoms with Gasteiger partial charge in [-0.1, -0.05) is 29.8 Å². The Morgan fingerprint density at radius 2 is 2.35 bits per heavy atom. The van der Waals surface area contributed by atoms with E-state index < -0.39 is 0 Å². The molecule has 1 atom stereocenters. The zero-order chi connectivity index (χ0) is 12.3. The highest BCUT2D eigenvalue weighted by molar-refractivity contribution is 5.90. The van der Waals surface area contributed by atoms with Crippen molar-refractivity contribution in [3.05, 3.63) is 35.4 Å². The lowest BCUT2D eigenvalue weighted by atomic mass is 10.1. The maximum Gasteiger partial charge on any atom is 0.242 e. The van der Waals surface area contributed by atoms with E-state index in [4.69, 9.17) is 0 Å². The number of nitrogens with one attached hydrogen (secondary N) is 2. The summed E-state index contributed by atoms with van der Waals surface area (Å²) in [5.41, 5.74) is 2.24. The molecular weight excluding hydrogens is 216 g/mol. The van der Waals surface area contributed by atoms with Gasteiger partial charge in [0.15, 0.2) is 0 Å². The van der Waals surface area contributed by atoms with Crippen LogP contribution in [0.15, 0.2) is 24.3 Å². The summed E-state index contributed by atoms with van der Waals surface area (Å²) in [6.07, 6.45) is 1.04. The third kappa shape index (κ3) is 3.06. The molecule has 2 amide bonds. The number of amides is 2. The van der Waals surface area contributed by atoms with Gasteiger partial charge in [-0.3, -0.25) is 9.59 Å². The van der Waals surface area contributed by atoms with Crippen LogP contribution in [0.1, 0.15) is 24.0 Å². The smallest absolute Gasteiger partial charge is 0.242 e. The third-order valence-electron chi connectivity index (χ3n) is 2.86. The van der Waals surface area contributed by atoms with Crippen molar-refractivity contribution in [2.24, 2.45) is 0 Å². The van der Waals surface area contributed by atoms with E-state index in [9.17, 15) is 9.59 Å². The van der Waals surface area contributed by atoms with E-state index in [0.717, 1.165) is 5.56 Å². The van der Waals surface area contributed by atoms with Gasteiger partial charge in [0, 0.05) is 13.0 Å². The number of aryl methyl sites for hydroxylation is 1. The van der Waals surface area contributed by atoms with Crippen molar-refractivity contribution in [2.75, 3.05) is 0 Å². The molecule has 1 heterocycles. The predicted molar refractivity (Wildman–Crippen MR) is 64.2 cm³/mol. The maximum atomic E-state index is 11.7. The van der Waals surface area contributed by atoms with Gasteiger partial charge in [0.05, 0.1) is 0 Å². The van der Waals surface area contributed by atoms with Crippen molar-refractivity contribution < 1.29 is 9.59 Å². The molecule has 1 fully saturated rings. The molecule has 1 aliphatic rings. The summed E-state index contributed by atoms with van der Waals surface area (Å²) in [5, 5.41) is 5.49. The van der Waals surface area contributed by atoms with Crippen molar-refractivity contribution in [3.8, 4) is 0 Å². The fourth-order valence-corrected chi connectivity index (χ4v) is 1.95. The Bertz CT molecular complexity index is 443. The summed E-state index contributed by atoms with van der Waals surface area (Å²) in [6.45, 7) is 2.52. The molecule has 1 aliphatic heterocycles. The van der Waals surface area contributed by atoms with Crippen LogP contribution in [-0.4, -0.2) is 17.9 Å². The summed E-state index contributed by atoms with van der Waals surface area (Å²) >= 11 is 0. The van der Waals surface area contributed by atoms with Gasteiger partial charge in [-0.15, -0.1) is 0 Å². The number of carbonyl (C=O) groups is 2. The van der Waals surface area contributed by atoms with E-state index >= 15 is 0 Å². The quantitative estimate of drug-likeness (QED) is 0.813. The Hall–Kier alpha value is -1.84. The molecule has 0 spiro atoms. The first kappa shape index (κ1) is 11.6. The largest absolute Gasteiger partial charge is 0.350 e. The highest BCUT2D eigenvalue weighted by Gasteiger charge is 2.26. The molecule has 1 unspecified atom stereocenters. The lowest BCUT2D eigenvalue weighted by molar-refractivity contribution is -0.125. The summed E-state index contributed by atoms with van der Waals surface area (Å²) in [5.74, 6) is -0.141. The van der Waals surface area contributed by atoms with Crippen LogP contribution in [0.2, 0.25) is 0 Å². The Labute approximate surface area is 100 Å². The van der Waals surface area contributed by atoms with Crippen LogP contribution in [0, 0.1) is 6.92 Å². The second-order valence-electron chi connectivity index (χ2n) is 4.37. The third-order valence-corrected chi connectivity index (χ3v) is 2.86. The minimum atomic E-state index is -0.354. The van der Waals surface area contributed by atoms with Gasteiger partial charge in [0.1, 0.15) is 6.04 Å². The summed E-state index contributed by atoms with van der Waals surface area (Å²) in [6, 6.07) is 7.64. The first-order chi connectivity index (χ1) is 8.15. The Morgan fingerprint density at radius 3 is 3.00 bits per heavy atom. The zero-order valence-corrected chi connectivity index (χ0v) is 9.82. The molecular formula is C13H16N2O2. The van der Waals surface area contributed by atoms with Gasteiger partial charge in [0.2, 0.25) is 11.8 Å². The van der Waals surface area contributed by atoms with Crippen LogP contribution in [0.5, 0.6) is 0 Å². The number of carbonyl (C=O) groups excluding carboxylic acids is 2. The van der Waals surface area contributed by atoms with Crippen LogP contribution >= 0.6 is 0 Å². The van der Waals surface area contributed by atoms with Gasteiger partial charge in [-0.2, -0.15) is 0 Å². The van der Waals surface area contributed by atoms with Gasteiger partial charge in [0.25, 0.3) is 0 Å². The SMILES string of the molecule is Cc1cccc(CNC(=O)C2CCC(=O)N2)c1. The number of rotatable bonds is 3. The normalized spacial score (nSPS) is 18.9. The van der Waals surface area contributed by atoms with Crippen LogP contribution in [0.3, 0.4) is 0 Å². The Kier molecular flexibility index (Phi) is 3.42. The van der Waals surface area contributed by atoms with E-state index in [1.54, 1.807) is 0 Å². The average molecular weight is 232 g/mol. The van der Waals surface area contributed by atoms with E-state index in [2.05, 4.69) is 10.6 Å². The summed E-state index contributed by atoms with van der Waals surface area (Å²) in [7, 11) is 0.